The first-order valence-corrected chi connectivity index (χ1v) is 16.9. The summed E-state index contributed by atoms with van der Waals surface area (Å²) in [5.74, 6) is -0.135. The molecular formula is C35H28Cl2N4O5S2. The van der Waals surface area contributed by atoms with E-state index in [1.165, 1.54) is 43.4 Å². The number of nitrogens with one attached hydrogen (secondary N) is 3. The van der Waals surface area contributed by atoms with Gasteiger partial charge in [0.1, 0.15) is 17.2 Å². The average molecular weight is 720 g/mol. The van der Waals surface area contributed by atoms with Crippen LogP contribution in [0, 0.1) is 0 Å². The molecule has 0 fully saturated rings. The van der Waals surface area contributed by atoms with Crippen LogP contribution in [-0.4, -0.2) is 42.7 Å². The van der Waals surface area contributed by atoms with Crippen LogP contribution in [0.3, 0.4) is 0 Å². The molecule has 0 spiro atoms. The minimum absolute atomic E-state index is 0.0171. The van der Waals surface area contributed by atoms with Crippen molar-refractivity contribution in [3.8, 4) is 22.8 Å². The van der Waals surface area contributed by atoms with Crippen LogP contribution in [0.1, 0.15) is 15.9 Å². The predicted molar refractivity (Wildman–Crippen MR) is 193 cm³/mol. The Kier molecular flexibility index (Phi) is 11.8. The average Bonchev–Trinajstić information content (AvgIpc) is 3.57. The highest BCUT2D eigenvalue weighted by Gasteiger charge is 2.17. The number of benzene rings is 4. The molecule has 9 nitrogen and oxygen atoms in total. The Hall–Kier alpha value is -4.81. The highest BCUT2D eigenvalue weighted by atomic mass is 35.5. The molecule has 3 amide bonds. The molecule has 3 N–H and O–H groups in total. The maximum Gasteiger partial charge on any atom is 0.272 e. The van der Waals surface area contributed by atoms with Crippen molar-refractivity contribution in [3.63, 3.8) is 0 Å². The van der Waals surface area contributed by atoms with Crippen LogP contribution in [0.2, 0.25) is 10.0 Å². The molecule has 0 unspecified atom stereocenters. The lowest BCUT2D eigenvalue weighted by molar-refractivity contribution is -0.114. The van der Waals surface area contributed by atoms with Gasteiger partial charge in [0.15, 0.2) is 5.13 Å². The molecule has 0 aliphatic carbocycles. The first-order chi connectivity index (χ1) is 23.2. The molecule has 0 radical (unpaired) electrons. The maximum absolute atomic E-state index is 13.6. The van der Waals surface area contributed by atoms with Crippen molar-refractivity contribution in [1.29, 1.82) is 0 Å². The smallest absolute Gasteiger partial charge is 0.272 e. The number of carbonyl (C=O) groups excluding carboxylic acids is 3. The number of anilines is 2. The Bertz CT molecular complexity index is 1990. The standard InChI is InChI=1S/C35H28Cl2N4O5S2/c1-45-25-12-14-31(46-2)23(15-25)17-29(39-33(43)21-7-4-3-5-8-21)34(44)38-24-9-6-10-26(18-24)47-20-32(42)41-35-40-30(19-48-35)22-11-13-27(36)28(37)16-22/h3-19H,20H2,1-2H3,(H,38,44)(H,39,43)(H,40,41,42)/b29-17+. The summed E-state index contributed by atoms with van der Waals surface area (Å²) in [6.45, 7) is 0. The molecule has 48 heavy (non-hydrogen) atoms. The molecule has 0 aliphatic heterocycles. The monoisotopic (exact) mass is 718 g/mol. The number of thioether (sulfide) groups is 1. The van der Waals surface area contributed by atoms with Crippen molar-refractivity contribution < 1.29 is 23.9 Å². The van der Waals surface area contributed by atoms with Gasteiger partial charge in [-0.1, -0.05) is 53.5 Å². The summed E-state index contributed by atoms with van der Waals surface area (Å²) >= 11 is 14.7. The second-order valence-corrected chi connectivity index (χ2v) is 12.7. The summed E-state index contributed by atoms with van der Waals surface area (Å²) in [6, 6.07) is 26.0. The highest BCUT2D eigenvalue weighted by Crippen LogP contribution is 2.31. The number of aromatic nitrogens is 1. The maximum atomic E-state index is 13.6. The minimum atomic E-state index is -0.564. The highest BCUT2D eigenvalue weighted by molar-refractivity contribution is 8.00. The van der Waals surface area contributed by atoms with Gasteiger partial charge in [0.25, 0.3) is 11.8 Å². The van der Waals surface area contributed by atoms with Crippen molar-refractivity contribution in [2.45, 2.75) is 4.90 Å². The molecule has 0 saturated heterocycles. The first kappa shape index (κ1) is 34.5. The number of carbonyl (C=O) groups is 3. The molecule has 1 heterocycles. The quantitative estimate of drug-likeness (QED) is 0.0878. The molecule has 13 heteroatoms. The van der Waals surface area contributed by atoms with E-state index >= 15 is 0 Å². The molecule has 0 atom stereocenters. The number of ether oxygens (including phenoxy) is 2. The van der Waals surface area contributed by atoms with Crippen LogP contribution in [0.15, 0.2) is 107 Å². The number of halogens is 2. The number of amides is 3. The zero-order valence-electron chi connectivity index (χ0n) is 25.6. The zero-order valence-corrected chi connectivity index (χ0v) is 28.7. The zero-order chi connectivity index (χ0) is 34.0. The Morgan fingerprint density at radius 3 is 2.44 bits per heavy atom. The molecule has 1 aromatic heterocycles. The van der Waals surface area contributed by atoms with Gasteiger partial charge in [0, 0.05) is 32.7 Å². The third-order valence-electron chi connectivity index (χ3n) is 6.69. The number of nitrogens with zero attached hydrogens (tertiary/aromatic N) is 1. The number of hydrogen-bond donors (Lipinski definition) is 3. The van der Waals surface area contributed by atoms with E-state index in [2.05, 4.69) is 20.9 Å². The second kappa shape index (κ2) is 16.3. The summed E-state index contributed by atoms with van der Waals surface area (Å²) in [7, 11) is 3.04. The van der Waals surface area contributed by atoms with E-state index in [0.29, 0.717) is 49.2 Å². The second-order valence-electron chi connectivity index (χ2n) is 9.97. The fourth-order valence-electron chi connectivity index (χ4n) is 4.34. The Morgan fingerprint density at radius 1 is 0.875 bits per heavy atom. The van der Waals surface area contributed by atoms with E-state index in [0.717, 1.165) is 10.5 Å². The van der Waals surface area contributed by atoms with Gasteiger partial charge in [0.05, 0.1) is 35.7 Å². The number of rotatable bonds is 12. The van der Waals surface area contributed by atoms with Crippen molar-refractivity contribution in [3.05, 3.63) is 123 Å². The molecule has 244 valence electrons. The van der Waals surface area contributed by atoms with E-state index in [1.807, 2.05) is 17.5 Å². The van der Waals surface area contributed by atoms with E-state index < -0.39 is 11.8 Å². The van der Waals surface area contributed by atoms with Crippen LogP contribution in [0.4, 0.5) is 10.8 Å². The Balaban J connectivity index is 1.26. The van der Waals surface area contributed by atoms with Crippen molar-refractivity contribution in [2.24, 2.45) is 0 Å². The lowest BCUT2D eigenvalue weighted by Gasteiger charge is -2.13. The van der Waals surface area contributed by atoms with Crippen molar-refractivity contribution in [2.75, 3.05) is 30.6 Å². The van der Waals surface area contributed by atoms with Gasteiger partial charge in [-0.15, -0.1) is 23.1 Å². The Labute approximate surface area is 295 Å². The summed E-state index contributed by atoms with van der Waals surface area (Å²) in [6.07, 6.45) is 1.52. The fraction of sp³-hybridized carbons (Fsp3) is 0.0857. The molecule has 0 bridgehead atoms. The number of hydrogen-bond acceptors (Lipinski definition) is 8. The van der Waals surface area contributed by atoms with Crippen LogP contribution in [0.25, 0.3) is 17.3 Å². The number of methoxy groups -OCH3 is 2. The lowest BCUT2D eigenvalue weighted by atomic mass is 10.1. The summed E-state index contributed by atoms with van der Waals surface area (Å²) in [4.78, 5) is 44.6. The van der Waals surface area contributed by atoms with E-state index in [9.17, 15) is 14.4 Å². The van der Waals surface area contributed by atoms with Gasteiger partial charge in [-0.05, 0) is 66.7 Å². The summed E-state index contributed by atoms with van der Waals surface area (Å²) < 4.78 is 10.8. The summed E-state index contributed by atoms with van der Waals surface area (Å²) in [5, 5.41) is 11.5. The van der Waals surface area contributed by atoms with E-state index in [-0.39, 0.29) is 17.4 Å². The third kappa shape index (κ3) is 9.17. The molecule has 5 rings (SSSR count). The molecular weight excluding hydrogens is 691 g/mol. The van der Waals surface area contributed by atoms with Crippen LogP contribution >= 0.6 is 46.3 Å². The lowest BCUT2D eigenvalue weighted by Crippen LogP contribution is -2.30. The van der Waals surface area contributed by atoms with Gasteiger partial charge in [0.2, 0.25) is 5.91 Å². The van der Waals surface area contributed by atoms with Gasteiger partial charge < -0.3 is 25.4 Å². The molecule has 0 aliphatic rings. The van der Waals surface area contributed by atoms with Gasteiger partial charge in [-0.3, -0.25) is 14.4 Å². The van der Waals surface area contributed by atoms with Crippen molar-refractivity contribution >= 4 is 80.9 Å². The molecule has 5 aromatic rings. The number of thiazole rings is 1. The third-order valence-corrected chi connectivity index (χ3v) is 9.18. The van der Waals surface area contributed by atoms with Gasteiger partial charge in [-0.25, -0.2) is 4.98 Å². The van der Waals surface area contributed by atoms with Crippen LogP contribution < -0.4 is 25.4 Å². The van der Waals surface area contributed by atoms with E-state index in [4.69, 9.17) is 32.7 Å². The SMILES string of the molecule is COc1ccc(OC)c(/C=C(/NC(=O)c2ccccc2)C(=O)Nc2cccc(SCC(=O)Nc3nc(-c4ccc(Cl)c(Cl)c4)cs3)c2)c1. The van der Waals surface area contributed by atoms with E-state index in [1.54, 1.807) is 78.9 Å². The predicted octanol–water partition coefficient (Wildman–Crippen LogP) is 8.27. The minimum Gasteiger partial charge on any atom is -0.497 e. The normalized spacial score (nSPS) is 11.0. The fourth-order valence-corrected chi connectivity index (χ4v) is 6.12. The summed E-state index contributed by atoms with van der Waals surface area (Å²) in [5.41, 5.74) is 2.81. The molecule has 4 aromatic carbocycles. The van der Waals surface area contributed by atoms with Crippen molar-refractivity contribution in [1.82, 2.24) is 10.3 Å². The van der Waals surface area contributed by atoms with Gasteiger partial charge in [-0.2, -0.15) is 0 Å². The van der Waals surface area contributed by atoms with Crippen LogP contribution in [-0.2, 0) is 9.59 Å². The topological polar surface area (TPSA) is 119 Å². The molecule has 0 saturated carbocycles. The largest absolute Gasteiger partial charge is 0.497 e. The Morgan fingerprint density at radius 2 is 1.69 bits per heavy atom. The van der Waals surface area contributed by atoms with Crippen LogP contribution in [0.5, 0.6) is 11.5 Å². The van der Waals surface area contributed by atoms with Gasteiger partial charge >= 0.3 is 0 Å². The first-order valence-electron chi connectivity index (χ1n) is 14.3.